The number of sulfonamides is 1. The number of rotatable bonds is 7. The molecule has 0 aliphatic carbocycles. The van der Waals surface area contributed by atoms with E-state index < -0.39 is 10.0 Å². The van der Waals surface area contributed by atoms with E-state index >= 15 is 0 Å². The summed E-state index contributed by atoms with van der Waals surface area (Å²) >= 11 is 0. The van der Waals surface area contributed by atoms with Gasteiger partial charge in [0.1, 0.15) is 0 Å². The number of nitrogens with one attached hydrogen (secondary N) is 1. The molecule has 8 heteroatoms. The normalized spacial score (nSPS) is 12.2. The van der Waals surface area contributed by atoms with Gasteiger partial charge in [-0.25, -0.2) is 13.4 Å². The van der Waals surface area contributed by atoms with Crippen LogP contribution >= 0.6 is 0 Å². The van der Waals surface area contributed by atoms with Gasteiger partial charge in [-0.3, -0.25) is 9.10 Å². The molecule has 0 radical (unpaired) electrons. The minimum absolute atomic E-state index is 0.200. The van der Waals surface area contributed by atoms with Crippen molar-refractivity contribution < 1.29 is 13.2 Å². The Morgan fingerprint density at radius 1 is 0.971 bits per heavy atom. The molecule has 4 rings (SSSR count). The van der Waals surface area contributed by atoms with E-state index in [1.54, 1.807) is 61.1 Å². The fourth-order valence-electron chi connectivity index (χ4n) is 3.54. The summed E-state index contributed by atoms with van der Waals surface area (Å²) in [4.78, 5) is 17.0. The fourth-order valence-corrected chi connectivity index (χ4v) is 4.74. The van der Waals surface area contributed by atoms with Crippen molar-refractivity contribution in [1.82, 2.24) is 14.9 Å². The zero-order valence-corrected chi connectivity index (χ0v) is 20.0. The highest BCUT2D eigenvalue weighted by Crippen LogP contribution is 2.23. The fraction of sp³-hybridized carbons (Fsp3) is 0.154. The molecule has 0 unspecified atom stereocenters. The molecule has 0 spiro atoms. The number of benzene rings is 3. The van der Waals surface area contributed by atoms with Crippen LogP contribution in [0, 0.1) is 6.92 Å². The van der Waals surface area contributed by atoms with Gasteiger partial charge in [0.05, 0.1) is 23.0 Å². The van der Waals surface area contributed by atoms with Gasteiger partial charge in [0.15, 0.2) is 0 Å². The number of hydrogen-bond donors (Lipinski definition) is 1. The molecule has 7 nitrogen and oxygen atoms in total. The second-order valence-corrected chi connectivity index (χ2v) is 10.1. The van der Waals surface area contributed by atoms with Crippen molar-refractivity contribution >= 4 is 21.6 Å². The molecule has 0 fully saturated rings. The molecular formula is C26H26N4O3S. The largest absolute Gasteiger partial charge is 0.346 e. The summed E-state index contributed by atoms with van der Waals surface area (Å²) in [6.07, 6.45) is 5.32. The molecule has 1 amide bonds. The minimum atomic E-state index is -3.69. The average molecular weight is 475 g/mol. The standard InChI is InChI=1S/C26H26N4O3S/c1-19-4-14-25(15-5-19)34(32,33)29(3)23-10-8-22(9-11-23)26(31)28-20(2)21-6-12-24(13-7-21)30-17-16-27-18-30/h4-18,20H,1-3H3,(H,28,31)/t20-/m1/s1. The summed E-state index contributed by atoms with van der Waals surface area (Å²) in [7, 11) is -2.19. The molecule has 4 aromatic rings. The lowest BCUT2D eigenvalue weighted by Crippen LogP contribution is -2.28. The molecule has 0 bridgehead atoms. The zero-order chi connectivity index (χ0) is 24.3. The van der Waals surface area contributed by atoms with Crippen LogP contribution < -0.4 is 9.62 Å². The molecule has 1 atom stereocenters. The summed E-state index contributed by atoms with van der Waals surface area (Å²) in [5.41, 5.74) is 3.87. The van der Waals surface area contributed by atoms with Crippen molar-refractivity contribution in [3.8, 4) is 5.69 Å². The van der Waals surface area contributed by atoms with Gasteiger partial charge in [-0.1, -0.05) is 29.8 Å². The molecule has 1 heterocycles. The van der Waals surface area contributed by atoms with E-state index in [-0.39, 0.29) is 16.8 Å². The summed E-state index contributed by atoms with van der Waals surface area (Å²) in [6.45, 7) is 3.82. The van der Waals surface area contributed by atoms with Gasteiger partial charge in [-0.2, -0.15) is 0 Å². The molecule has 0 aliphatic heterocycles. The van der Waals surface area contributed by atoms with Crippen LogP contribution in [0.2, 0.25) is 0 Å². The van der Waals surface area contributed by atoms with E-state index in [0.717, 1.165) is 16.8 Å². The first-order valence-corrected chi connectivity index (χ1v) is 12.2. The van der Waals surface area contributed by atoms with Gasteiger partial charge in [0, 0.05) is 30.7 Å². The summed E-state index contributed by atoms with van der Waals surface area (Å²) in [6, 6.07) is 20.9. The van der Waals surface area contributed by atoms with E-state index in [4.69, 9.17) is 0 Å². The van der Waals surface area contributed by atoms with Crippen molar-refractivity contribution in [2.75, 3.05) is 11.4 Å². The predicted octanol–water partition coefficient (Wildman–Crippen LogP) is 4.50. The Kier molecular flexibility index (Phi) is 6.51. The van der Waals surface area contributed by atoms with E-state index in [1.165, 1.54) is 11.4 Å². The summed E-state index contributed by atoms with van der Waals surface area (Å²) < 4.78 is 28.9. The van der Waals surface area contributed by atoms with Gasteiger partial charge < -0.3 is 9.88 Å². The topological polar surface area (TPSA) is 84.3 Å². The van der Waals surface area contributed by atoms with Gasteiger partial charge in [0.25, 0.3) is 15.9 Å². The lowest BCUT2D eigenvalue weighted by Gasteiger charge is -2.20. The zero-order valence-electron chi connectivity index (χ0n) is 19.2. The van der Waals surface area contributed by atoms with Crippen molar-refractivity contribution in [3.05, 3.63) is 108 Å². The Morgan fingerprint density at radius 3 is 2.21 bits per heavy atom. The molecule has 174 valence electrons. The van der Waals surface area contributed by atoms with Crippen LogP contribution in [0.25, 0.3) is 5.69 Å². The van der Waals surface area contributed by atoms with Crippen molar-refractivity contribution in [2.24, 2.45) is 0 Å². The first-order chi connectivity index (χ1) is 16.3. The highest BCUT2D eigenvalue weighted by atomic mass is 32.2. The molecule has 34 heavy (non-hydrogen) atoms. The molecule has 1 aromatic heterocycles. The minimum Gasteiger partial charge on any atom is -0.346 e. The van der Waals surface area contributed by atoms with Crippen molar-refractivity contribution in [1.29, 1.82) is 0 Å². The maximum Gasteiger partial charge on any atom is 0.264 e. The number of amides is 1. The number of carbonyl (C=O) groups is 1. The highest BCUT2D eigenvalue weighted by Gasteiger charge is 2.21. The van der Waals surface area contributed by atoms with Crippen LogP contribution in [0.3, 0.4) is 0 Å². The number of imidazole rings is 1. The number of aromatic nitrogens is 2. The van der Waals surface area contributed by atoms with Gasteiger partial charge in [0.2, 0.25) is 0 Å². The van der Waals surface area contributed by atoms with E-state index in [0.29, 0.717) is 11.3 Å². The van der Waals surface area contributed by atoms with E-state index in [2.05, 4.69) is 10.3 Å². The third kappa shape index (κ3) is 4.87. The highest BCUT2D eigenvalue weighted by molar-refractivity contribution is 7.92. The van der Waals surface area contributed by atoms with Gasteiger partial charge in [-0.15, -0.1) is 0 Å². The monoisotopic (exact) mass is 474 g/mol. The number of anilines is 1. The van der Waals surface area contributed by atoms with Gasteiger partial charge in [-0.05, 0) is 67.9 Å². The van der Waals surface area contributed by atoms with Crippen LogP contribution in [0.4, 0.5) is 5.69 Å². The number of nitrogens with zero attached hydrogens (tertiary/aromatic N) is 3. The lowest BCUT2D eigenvalue weighted by molar-refractivity contribution is 0.0940. The predicted molar refractivity (Wildman–Crippen MR) is 133 cm³/mol. The molecule has 0 aliphatic rings. The Labute approximate surface area is 199 Å². The number of aryl methyl sites for hydroxylation is 1. The van der Waals surface area contributed by atoms with Crippen molar-refractivity contribution in [2.45, 2.75) is 24.8 Å². The smallest absolute Gasteiger partial charge is 0.264 e. The van der Waals surface area contributed by atoms with Crippen LogP contribution in [0.15, 0.2) is 96.4 Å². The molecule has 1 N–H and O–H groups in total. The number of carbonyl (C=O) groups excluding carboxylic acids is 1. The summed E-state index contributed by atoms with van der Waals surface area (Å²) in [5.74, 6) is -0.234. The molecule has 3 aromatic carbocycles. The van der Waals surface area contributed by atoms with Gasteiger partial charge >= 0.3 is 0 Å². The van der Waals surface area contributed by atoms with E-state index in [1.807, 2.05) is 48.9 Å². The van der Waals surface area contributed by atoms with Crippen molar-refractivity contribution in [3.63, 3.8) is 0 Å². The first kappa shape index (κ1) is 23.3. The van der Waals surface area contributed by atoms with Crippen LogP contribution in [-0.2, 0) is 10.0 Å². The lowest BCUT2D eigenvalue weighted by atomic mass is 10.1. The molecule has 0 saturated carbocycles. The first-order valence-electron chi connectivity index (χ1n) is 10.8. The Balaban J connectivity index is 1.43. The Bertz CT molecular complexity index is 1360. The molecule has 0 saturated heterocycles. The van der Waals surface area contributed by atoms with E-state index in [9.17, 15) is 13.2 Å². The second kappa shape index (κ2) is 9.52. The third-order valence-electron chi connectivity index (χ3n) is 5.72. The Morgan fingerprint density at radius 2 is 1.62 bits per heavy atom. The Hall–Kier alpha value is -3.91. The summed E-state index contributed by atoms with van der Waals surface area (Å²) in [5, 5.41) is 2.99. The average Bonchev–Trinajstić information content (AvgIpc) is 3.39. The second-order valence-electron chi connectivity index (χ2n) is 8.09. The van der Waals surface area contributed by atoms with Crippen LogP contribution in [0.5, 0.6) is 0 Å². The number of hydrogen-bond acceptors (Lipinski definition) is 4. The maximum absolute atomic E-state index is 12.9. The quantitative estimate of drug-likeness (QED) is 0.428. The van der Waals surface area contributed by atoms with Crippen LogP contribution in [0.1, 0.15) is 34.5 Å². The SMILES string of the molecule is Cc1ccc(S(=O)(=O)N(C)c2ccc(C(=O)N[C@H](C)c3ccc(-n4ccnc4)cc3)cc2)cc1. The molecular weight excluding hydrogens is 448 g/mol. The third-order valence-corrected chi connectivity index (χ3v) is 7.52. The maximum atomic E-state index is 12.9. The van der Waals surface area contributed by atoms with Crippen LogP contribution in [-0.4, -0.2) is 30.9 Å².